The number of likely N-dealkylation sites (tertiary alicyclic amines) is 1. The van der Waals surface area contributed by atoms with Crippen molar-refractivity contribution in [2.24, 2.45) is 0 Å². The molecule has 8 heteroatoms. The Hall–Kier alpha value is -1.93. The van der Waals surface area contributed by atoms with Gasteiger partial charge >= 0.3 is 0 Å². The molecule has 0 spiro atoms. The molecule has 2 aromatic rings. The largest absolute Gasteiger partial charge is 0.329 e. The second-order valence-electron chi connectivity index (χ2n) is 6.23. The molecule has 0 unspecified atom stereocenters. The zero-order valence-electron chi connectivity index (χ0n) is 14.3. The van der Waals surface area contributed by atoms with Gasteiger partial charge in [0.2, 0.25) is 0 Å². The van der Waals surface area contributed by atoms with Crippen molar-refractivity contribution in [3.63, 3.8) is 0 Å². The summed E-state index contributed by atoms with van der Waals surface area (Å²) in [7, 11) is 4.01. The minimum absolute atomic E-state index is 0.0149. The summed E-state index contributed by atoms with van der Waals surface area (Å²) in [4.78, 5) is 26.6. The minimum atomic E-state index is -0.0149. The molecule has 24 heavy (non-hydrogen) atoms. The van der Waals surface area contributed by atoms with Crippen molar-refractivity contribution in [3.05, 3.63) is 34.4 Å². The third-order valence-electron chi connectivity index (χ3n) is 4.12. The van der Waals surface area contributed by atoms with Crippen molar-refractivity contribution in [1.82, 2.24) is 29.4 Å². The first-order valence-electron chi connectivity index (χ1n) is 8.18. The normalized spacial score (nSPS) is 17.7. The van der Waals surface area contributed by atoms with Gasteiger partial charge in [-0.25, -0.2) is 0 Å². The van der Waals surface area contributed by atoms with E-state index in [1.165, 1.54) is 11.5 Å². The number of carbonyl (C=O) groups is 1. The average molecular weight is 346 g/mol. The number of hydrogen-bond acceptors (Lipinski definition) is 7. The quantitative estimate of drug-likeness (QED) is 0.823. The highest BCUT2D eigenvalue weighted by atomic mass is 32.1. The molecule has 7 nitrogen and oxygen atoms in total. The van der Waals surface area contributed by atoms with Crippen LogP contribution in [0, 0.1) is 0 Å². The average Bonchev–Trinajstić information content (AvgIpc) is 3.23. The molecule has 0 aromatic carbocycles. The highest BCUT2D eigenvalue weighted by molar-refractivity contribution is 7.08. The Morgan fingerprint density at radius 1 is 1.42 bits per heavy atom. The third-order valence-corrected chi connectivity index (χ3v) is 4.88. The molecule has 2 aromatic heterocycles. The molecule has 3 heterocycles. The summed E-state index contributed by atoms with van der Waals surface area (Å²) in [5.41, 5.74) is 2.57. The van der Waals surface area contributed by atoms with Gasteiger partial charge in [0, 0.05) is 19.3 Å². The molecule has 1 atom stereocenters. The van der Waals surface area contributed by atoms with Gasteiger partial charge in [-0.1, -0.05) is 11.4 Å². The molecule has 0 saturated carbocycles. The van der Waals surface area contributed by atoms with E-state index in [1.54, 1.807) is 12.4 Å². The number of nitrogens with zero attached hydrogens (tertiary/aromatic N) is 6. The van der Waals surface area contributed by atoms with Gasteiger partial charge in [0.15, 0.2) is 0 Å². The van der Waals surface area contributed by atoms with Crippen molar-refractivity contribution in [2.75, 3.05) is 20.6 Å². The Bertz CT molecular complexity index is 716. The van der Waals surface area contributed by atoms with Gasteiger partial charge in [-0.15, -0.1) is 5.10 Å². The van der Waals surface area contributed by atoms with Gasteiger partial charge in [0.25, 0.3) is 5.91 Å². The van der Waals surface area contributed by atoms with Crippen LogP contribution in [0.1, 0.15) is 52.6 Å². The summed E-state index contributed by atoms with van der Waals surface area (Å²) >= 11 is 1.18. The van der Waals surface area contributed by atoms with E-state index in [0.717, 1.165) is 43.0 Å². The van der Waals surface area contributed by atoms with Crippen LogP contribution in [0.15, 0.2) is 12.4 Å². The second-order valence-corrected chi connectivity index (χ2v) is 6.99. The molecule has 3 rings (SSSR count). The maximum absolute atomic E-state index is 12.9. The number of rotatable bonds is 5. The second kappa shape index (κ2) is 7.31. The van der Waals surface area contributed by atoms with Gasteiger partial charge in [0.05, 0.1) is 29.3 Å². The number of hydrogen-bond donors (Lipinski definition) is 0. The van der Waals surface area contributed by atoms with Gasteiger partial charge in [0.1, 0.15) is 4.88 Å². The first-order chi connectivity index (χ1) is 11.6. The van der Waals surface area contributed by atoms with Crippen LogP contribution < -0.4 is 0 Å². The van der Waals surface area contributed by atoms with E-state index in [9.17, 15) is 4.79 Å². The van der Waals surface area contributed by atoms with Crippen LogP contribution in [0.5, 0.6) is 0 Å². The van der Waals surface area contributed by atoms with Gasteiger partial charge in [-0.2, -0.15) is 0 Å². The van der Waals surface area contributed by atoms with Crippen molar-refractivity contribution in [1.29, 1.82) is 0 Å². The Kier molecular flexibility index (Phi) is 5.15. The summed E-state index contributed by atoms with van der Waals surface area (Å²) in [6.07, 6.45) is 6.17. The lowest BCUT2D eigenvalue weighted by Gasteiger charge is -2.24. The predicted octanol–water partition coefficient (Wildman–Crippen LogP) is 1.93. The van der Waals surface area contributed by atoms with Crippen LogP contribution in [0.2, 0.25) is 0 Å². The van der Waals surface area contributed by atoms with Gasteiger partial charge in [-0.05, 0) is 44.9 Å². The molecule has 0 N–H and O–H groups in total. The smallest absolute Gasteiger partial charge is 0.268 e. The van der Waals surface area contributed by atoms with Crippen LogP contribution in [0.25, 0.3) is 0 Å². The molecule has 1 saturated heterocycles. The fraction of sp³-hybridized carbons (Fsp3) is 0.562. The monoisotopic (exact) mass is 346 g/mol. The van der Waals surface area contributed by atoms with E-state index in [0.29, 0.717) is 11.3 Å². The summed E-state index contributed by atoms with van der Waals surface area (Å²) in [6, 6.07) is -0.0149. The Balaban J connectivity index is 1.84. The van der Waals surface area contributed by atoms with Gasteiger partial charge in [-0.3, -0.25) is 14.8 Å². The van der Waals surface area contributed by atoms with Crippen LogP contribution in [-0.4, -0.2) is 55.9 Å². The minimum Gasteiger partial charge on any atom is -0.329 e. The number of carbonyl (C=O) groups excluding carboxylic acids is 1. The molecule has 128 valence electrons. The third kappa shape index (κ3) is 3.44. The molecule has 1 amide bonds. The van der Waals surface area contributed by atoms with Crippen LogP contribution in [0.3, 0.4) is 0 Å². The van der Waals surface area contributed by atoms with E-state index in [2.05, 4.69) is 19.5 Å². The summed E-state index contributed by atoms with van der Waals surface area (Å²) in [5.74, 6) is 0.0177. The Morgan fingerprint density at radius 2 is 2.25 bits per heavy atom. The number of amides is 1. The molecular weight excluding hydrogens is 324 g/mol. The maximum Gasteiger partial charge on any atom is 0.268 e. The van der Waals surface area contributed by atoms with Crippen LogP contribution >= 0.6 is 11.5 Å². The zero-order chi connectivity index (χ0) is 17.1. The molecule has 0 bridgehead atoms. The van der Waals surface area contributed by atoms with Crippen LogP contribution in [0.4, 0.5) is 0 Å². The van der Waals surface area contributed by atoms with E-state index >= 15 is 0 Å². The van der Waals surface area contributed by atoms with Crippen molar-refractivity contribution >= 4 is 17.4 Å². The zero-order valence-corrected chi connectivity index (χ0v) is 15.1. The van der Waals surface area contributed by atoms with E-state index in [4.69, 9.17) is 4.98 Å². The van der Waals surface area contributed by atoms with Gasteiger partial charge < -0.3 is 9.80 Å². The SMILES string of the molecule is CCc1nnsc1C(=O)N1CCC[C@@H]1c1cncc(CN(C)C)n1. The standard InChI is InChI=1S/C16H22N6OS/c1-4-12-15(24-20-19-12)16(23)22-7-5-6-14(22)13-9-17-8-11(18-13)10-21(2)3/h8-9,14H,4-7,10H2,1-3H3/t14-/m1/s1. The van der Waals surface area contributed by atoms with Crippen molar-refractivity contribution in [2.45, 2.75) is 38.8 Å². The fourth-order valence-electron chi connectivity index (χ4n) is 3.03. The molecule has 1 fully saturated rings. The molecule has 1 aliphatic rings. The van der Waals surface area contributed by atoms with Crippen LogP contribution in [-0.2, 0) is 13.0 Å². The van der Waals surface area contributed by atoms with Crippen molar-refractivity contribution in [3.8, 4) is 0 Å². The summed E-state index contributed by atoms with van der Waals surface area (Å²) in [5, 5.41) is 4.06. The lowest BCUT2D eigenvalue weighted by molar-refractivity contribution is 0.0736. The lowest BCUT2D eigenvalue weighted by Crippen LogP contribution is -2.31. The van der Waals surface area contributed by atoms with E-state index in [-0.39, 0.29) is 11.9 Å². The van der Waals surface area contributed by atoms with E-state index < -0.39 is 0 Å². The summed E-state index contributed by atoms with van der Waals surface area (Å²) < 4.78 is 3.94. The molecular formula is C16H22N6OS. The fourth-order valence-corrected chi connectivity index (χ4v) is 3.74. The Morgan fingerprint density at radius 3 is 3.00 bits per heavy atom. The first kappa shape index (κ1) is 16.9. The van der Waals surface area contributed by atoms with Crippen molar-refractivity contribution < 1.29 is 4.79 Å². The molecule has 1 aliphatic heterocycles. The number of aryl methyl sites for hydroxylation is 1. The Labute approximate surface area is 145 Å². The molecule has 0 aliphatic carbocycles. The highest BCUT2D eigenvalue weighted by Gasteiger charge is 2.33. The topological polar surface area (TPSA) is 75.1 Å². The summed E-state index contributed by atoms with van der Waals surface area (Å²) in [6.45, 7) is 3.47. The highest BCUT2D eigenvalue weighted by Crippen LogP contribution is 2.33. The first-order valence-corrected chi connectivity index (χ1v) is 8.95. The number of aromatic nitrogens is 4. The molecule has 0 radical (unpaired) electrons. The predicted molar refractivity (Wildman–Crippen MR) is 91.7 cm³/mol. The maximum atomic E-state index is 12.9. The lowest BCUT2D eigenvalue weighted by atomic mass is 10.1. The van der Waals surface area contributed by atoms with E-state index in [1.807, 2.05) is 25.9 Å².